The summed E-state index contributed by atoms with van der Waals surface area (Å²) in [5.74, 6) is 10.4. The van der Waals surface area contributed by atoms with Gasteiger partial charge in [-0.3, -0.25) is 4.79 Å². The van der Waals surface area contributed by atoms with Crippen LogP contribution in [0.5, 0.6) is 11.5 Å². The highest BCUT2D eigenvalue weighted by Gasteiger charge is 2.33. The Hall–Kier alpha value is -8.02. The normalized spacial score (nSPS) is 17.8. The minimum atomic E-state index is -4.49. The summed E-state index contributed by atoms with van der Waals surface area (Å²) in [6.45, 7) is -1.04. The summed E-state index contributed by atoms with van der Waals surface area (Å²) in [6.07, 6.45) is -11.8. The lowest BCUT2D eigenvalue weighted by Crippen LogP contribution is -2.46. The number of nitrogens with zero attached hydrogens (tertiary/aromatic N) is 4. The van der Waals surface area contributed by atoms with E-state index >= 15 is 0 Å². The zero-order chi connectivity index (χ0) is 63.6. The Morgan fingerprint density at radius 1 is 0.655 bits per heavy atom. The van der Waals surface area contributed by atoms with Crippen molar-refractivity contribution < 1.29 is 79.7 Å². The number of fused-ring (bicyclic) bond motifs is 2. The van der Waals surface area contributed by atoms with Gasteiger partial charge in [-0.05, 0) is 112 Å². The molecule has 0 bridgehead atoms. The van der Waals surface area contributed by atoms with E-state index < -0.39 is 80.6 Å². The number of carboxylic acids is 1. The number of methoxy groups -OCH3 is 2. The first kappa shape index (κ1) is 68.1. The van der Waals surface area contributed by atoms with Gasteiger partial charge in [-0.2, -0.15) is 26.3 Å². The molecule has 2 aliphatic rings. The number of rotatable bonds is 19. The number of amides is 1. The molecule has 2 aromatic heterocycles. The third-order valence-corrected chi connectivity index (χ3v) is 14.0. The molecule has 472 valence electrons. The highest BCUT2D eigenvalue weighted by atomic mass is 19.4. The van der Waals surface area contributed by atoms with Crippen LogP contribution in [0.3, 0.4) is 0 Å². The molecule has 0 unspecified atom stereocenters. The van der Waals surface area contributed by atoms with Crippen LogP contribution in [0, 0.1) is 23.7 Å². The van der Waals surface area contributed by atoms with Crippen LogP contribution < -0.4 is 41.8 Å². The van der Waals surface area contributed by atoms with Gasteiger partial charge in [-0.1, -0.05) is 24.0 Å². The number of piperidine rings is 2. The van der Waals surface area contributed by atoms with Crippen LogP contribution in [0.1, 0.15) is 44.9 Å². The number of hydrogen-bond donors (Lipinski definition) is 11. The molecule has 87 heavy (non-hydrogen) atoms. The Bertz CT molecular complexity index is 3390. The van der Waals surface area contributed by atoms with Gasteiger partial charge in [0.05, 0.1) is 104 Å². The van der Waals surface area contributed by atoms with Crippen LogP contribution in [-0.2, 0) is 13.1 Å². The molecule has 6 atom stereocenters. The van der Waals surface area contributed by atoms with Gasteiger partial charge >= 0.3 is 18.3 Å². The quantitative estimate of drug-likeness (QED) is 0.0313. The van der Waals surface area contributed by atoms with Crippen LogP contribution in [0.25, 0.3) is 21.8 Å². The molecule has 6 aromatic rings. The van der Waals surface area contributed by atoms with E-state index in [0.29, 0.717) is 75.4 Å². The number of likely N-dealkylation sites (tertiary alicyclic amines) is 2. The number of carbonyl (C=O) groups excluding carboxylic acids is 1. The van der Waals surface area contributed by atoms with Gasteiger partial charge in [0.2, 0.25) is 0 Å². The second-order valence-electron chi connectivity index (χ2n) is 20.6. The summed E-state index contributed by atoms with van der Waals surface area (Å²) in [5, 5.41) is 59.7. The molecule has 8 rings (SSSR count). The third kappa shape index (κ3) is 19.7. The van der Waals surface area contributed by atoms with Crippen LogP contribution in [0.4, 0.5) is 57.9 Å². The van der Waals surface area contributed by atoms with Gasteiger partial charge in [0.1, 0.15) is 36.9 Å². The fourth-order valence-electron chi connectivity index (χ4n) is 9.51. The number of carboxylic acid groups (broad SMARTS) is 1. The smallest absolute Gasteiger partial charge is 0.406 e. The molecule has 4 heterocycles. The lowest BCUT2D eigenvalue weighted by Gasteiger charge is -2.33. The molecule has 0 radical (unpaired) electrons. The molecule has 0 aliphatic carbocycles. The van der Waals surface area contributed by atoms with E-state index in [0.717, 1.165) is 15.7 Å². The van der Waals surface area contributed by atoms with Crippen molar-refractivity contribution in [2.24, 2.45) is 5.73 Å². The molecule has 27 heteroatoms. The van der Waals surface area contributed by atoms with Gasteiger partial charge in [0, 0.05) is 67.0 Å². The molecule has 4 aromatic carbocycles. The van der Waals surface area contributed by atoms with Crippen molar-refractivity contribution >= 4 is 56.4 Å². The van der Waals surface area contributed by atoms with Gasteiger partial charge in [0.15, 0.2) is 0 Å². The van der Waals surface area contributed by atoms with Crippen molar-refractivity contribution in [2.45, 2.75) is 74.9 Å². The minimum absolute atomic E-state index is 0.0545. The van der Waals surface area contributed by atoms with Crippen LogP contribution in [0.2, 0.25) is 0 Å². The molecular weight excluding hydrogens is 1160 g/mol. The molecule has 0 saturated carbocycles. The number of anilines is 4. The number of alkyl halides is 8. The predicted molar refractivity (Wildman–Crippen MR) is 316 cm³/mol. The fourth-order valence-corrected chi connectivity index (χ4v) is 9.51. The zero-order valence-electron chi connectivity index (χ0n) is 48.2. The monoisotopic (exact) mass is 1230 g/mol. The summed E-state index contributed by atoms with van der Waals surface area (Å²) < 4.78 is 123. The molecule has 2 aliphatic heterocycles. The van der Waals surface area contributed by atoms with Crippen molar-refractivity contribution in [2.75, 3.05) is 115 Å². The number of aromatic nitrogens is 2. The first-order valence-corrected chi connectivity index (χ1v) is 27.5. The van der Waals surface area contributed by atoms with E-state index in [4.69, 9.17) is 35.6 Å². The fraction of sp³-hybridized carbons (Fsp3) is 0.433. The number of aliphatic hydroxyl groups excluding tert-OH is 4. The van der Waals surface area contributed by atoms with Crippen LogP contribution in [0.15, 0.2) is 84.9 Å². The number of aliphatic hydroxyl groups is 4. The lowest BCUT2D eigenvalue weighted by molar-refractivity contribution is -0.140. The first-order chi connectivity index (χ1) is 41.3. The standard InChI is InChI=1S/C30H35F4N5O4.C27H28F4N4O3.C3H9NO2/c1-38-12-10-25(23(31)16-38)37-24-6-3-7-27-22(24)14-20(39(27)18-30(32,33)34)5-4-11-35-26-9-8-19(13-28(26)43-2)29(42)36-15-21(41)17-40;1-34-12-10-22(20(28)15-34)33-21-6-3-7-24-19(21)14-18(35(24)16-27(29,30)31)5-4-11-32-23-9-8-17(26(36)37)13-25(23)38-2;4-1-3(6)2-5/h3,6-9,13-14,21,23,25,35,37,40-41H,10-12,15-18H2,1-2H3,(H,36,42);3,6-9,13-14,20,22,32-33H,10-12,15-16H2,1-2H3,(H,36,37);3,5-6H,1-2,4H2/t21-,23-,25+;20-,22+;3-/m000/s1. The molecule has 2 saturated heterocycles. The number of carbonyl (C=O) groups is 2. The first-order valence-electron chi connectivity index (χ1n) is 27.5. The Kier molecular flexibility index (Phi) is 24.7. The number of halogens is 8. The lowest BCUT2D eigenvalue weighted by atomic mass is 10.0. The van der Waals surface area contributed by atoms with E-state index in [1.165, 1.54) is 44.6 Å². The van der Waals surface area contributed by atoms with E-state index in [1.807, 2.05) is 23.9 Å². The van der Waals surface area contributed by atoms with Gasteiger partial charge in [-0.25, -0.2) is 13.6 Å². The molecular formula is C60H72F8N10O9. The van der Waals surface area contributed by atoms with Crippen molar-refractivity contribution in [3.63, 3.8) is 0 Å². The number of aromatic carboxylic acids is 1. The average Bonchev–Trinajstić information content (AvgIpc) is 1.91. The van der Waals surface area contributed by atoms with E-state index in [9.17, 15) is 49.8 Å². The predicted octanol–water partition coefficient (Wildman–Crippen LogP) is 6.34. The highest BCUT2D eigenvalue weighted by Crippen LogP contribution is 2.34. The zero-order valence-corrected chi connectivity index (χ0v) is 48.2. The minimum Gasteiger partial charge on any atom is -0.495 e. The largest absolute Gasteiger partial charge is 0.495 e. The number of benzene rings is 4. The van der Waals surface area contributed by atoms with Gasteiger partial charge < -0.3 is 86.3 Å². The molecule has 19 nitrogen and oxygen atoms in total. The summed E-state index contributed by atoms with van der Waals surface area (Å²) >= 11 is 0. The van der Waals surface area contributed by atoms with Crippen molar-refractivity contribution in [1.29, 1.82) is 0 Å². The van der Waals surface area contributed by atoms with Gasteiger partial charge in [-0.15, -0.1) is 0 Å². The van der Waals surface area contributed by atoms with Crippen LogP contribution in [-0.4, -0.2) is 199 Å². The maximum atomic E-state index is 14.7. The maximum absolute atomic E-state index is 14.7. The Morgan fingerprint density at radius 3 is 1.47 bits per heavy atom. The number of nitrogens with two attached hydrogens (primary N) is 1. The van der Waals surface area contributed by atoms with Crippen molar-refractivity contribution in [3.05, 3.63) is 107 Å². The second-order valence-corrected chi connectivity index (χ2v) is 20.6. The Balaban J connectivity index is 0.000000255. The van der Waals surface area contributed by atoms with E-state index in [-0.39, 0.29) is 68.4 Å². The van der Waals surface area contributed by atoms with Crippen molar-refractivity contribution in [3.8, 4) is 35.2 Å². The summed E-state index contributed by atoms with van der Waals surface area (Å²) in [4.78, 5) is 27.3. The molecule has 12 N–H and O–H groups in total. The second kappa shape index (κ2) is 31.6. The summed E-state index contributed by atoms with van der Waals surface area (Å²) in [6, 6.07) is 21.1. The topological polar surface area (TPSA) is 256 Å². The summed E-state index contributed by atoms with van der Waals surface area (Å²) in [7, 11) is 6.51. The average molecular weight is 1230 g/mol. The van der Waals surface area contributed by atoms with Gasteiger partial charge in [0.25, 0.3) is 5.91 Å². The Labute approximate surface area is 497 Å². The molecule has 0 spiro atoms. The van der Waals surface area contributed by atoms with E-state index in [1.54, 1.807) is 54.6 Å². The Morgan fingerprint density at radius 2 is 1.09 bits per heavy atom. The number of nitrogens with one attached hydrogen (secondary N) is 5. The number of ether oxygens (including phenoxy) is 2. The third-order valence-electron chi connectivity index (χ3n) is 14.0. The van der Waals surface area contributed by atoms with Crippen molar-refractivity contribution in [1.82, 2.24) is 24.3 Å². The molecule has 1 amide bonds. The molecule has 2 fully saturated rings. The van der Waals surface area contributed by atoms with E-state index in [2.05, 4.69) is 50.3 Å². The number of hydrogen-bond acceptors (Lipinski definition) is 15. The maximum Gasteiger partial charge on any atom is 0.406 e. The SMILES string of the molecule is COc1cc(C(=O)NC[C@H](O)CO)ccc1NCC#Cc1cc2c(N[C@@H]3CCN(C)C[C@@H]3F)cccc2n1CC(F)(F)F.COc1cc(C(=O)O)ccc1NCC#Cc1cc2c(N[C@@H]3CCN(C)C[C@@H]3F)cccc2n1CC(F)(F)F.NC[C@H](O)CO. The summed E-state index contributed by atoms with van der Waals surface area (Å²) in [5.41, 5.74) is 8.31. The van der Waals surface area contributed by atoms with Crippen LogP contribution >= 0.6 is 0 Å². The highest BCUT2D eigenvalue weighted by molar-refractivity contribution is 5.96.